The molecule has 0 atom stereocenters. The lowest BCUT2D eigenvalue weighted by molar-refractivity contribution is -0.139. The topological polar surface area (TPSA) is 88.1 Å². The van der Waals surface area contributed by atoms with Crippen molar-refractivity contribution in [3.05, 3.63) is 24.3 Å². The average molecular weight is 461 g/mol. The van der Waals surface area contributed by atoms with Gasteiger partial charge in [0.1, 0.15) is 0 Å². The highest BCUT2D eigenvalue weighted by atomic mass is 31.2. The third-order valence-corrected chi connectivity index (χ3v) is 6.46. The molecule has 0 radical (unpaired) electrons. The lowest BCUT2D eigenvalue weighted by Crippen LogP contribution is -2.06. The molecule has 0 aromatic rings. The molecule has 0 heterocycles. The van der Waals surface area contributed by atoms with Crippen LogP contribution in [0.1, 0.15) is 78.6 Å². The molecule has 0 rings (SSSR count). The summed E-state index contributed by atoms with van der Waals surface area (Å²) >= 11 is 0. The van der Waals surface area contributed by atoms with Gasteiger partial charge in [-0.15, -0.1) is 0 Å². The number of hydrogen-bond donors (Lipinski definition) is 0. The Bertz CT molecular complexity index is 555. The summed E-state index contributed by atoms with van der Waals surface area (Å²) in [5, 5.41) is 0. The Labute approximate surface area is 188 Å². The van der Waals surface area contributed by atoms with Gasteiger partial charge in [-0.1, -0.05) is 32.9 Å². The minimum absolute atomic E-state index is 0.354. The summed E-state index contributed by atoms with van der Waals surface area (Å²) in [5.41, 5.74) is 0.813. The highest BCUT2D eigenvalue weighted by Crippen LogP contribution is 2.49. The zero-order valence-corrected chi connectivity index (χ0v) is 20.5. The predicted octanol–water partition coefficient (Wildman–Crippen LogP) is 5.98. The Morgan fingerprint density at radius 1 is 0.677 bits per heavy atom. The van der Waals surface area contributed by atoms with Crippen molar-refractivity contribution in [2.24, 2.45) is 0 Å². The normalized spacial score (nSPS) is 11.2. The molecule has 0 N–H and O–H groups in total. The minimum Gasteiger partial charge on any atom is -0.462 e. The lowest BCUT2D eigenvalue weighted by Gasteiger charge is -2.18. The van der Waals surface area contributed by atoms with Crippen molar-refractivity contribution in [3.8, 4) is 0 Å². The van der Waals surface area contributed by atoms with E-state index in [0.29, 0.717) is 43.7 Å². The van der Waals surface area contributed by atoms with E-state index in [2.05, 4.69) is 13.2 Å². The van der Waals surface area contributed by atoms with Gasteiger partial charge < -0.3 is 18.5 Å². The first-order valence-electron chi connectivity index (χ1n) is 11.2. The van der Waals surface area contributed by atoms with E-state index < -0.39 is 7.60 Å². The smallest absolute Gasteiger partial charge is 0.333 e. The number of carbonyl (C=O) groups is 2. The Hall–Kier alpha value is -1.43. The minimum atomic E-state index is -3.05. The second-order valence-electron chi connectivity index (χ2n) is 7.66. The highest BCUT2D eigenvalue weighted by Gasteiger charge is 2.22. The third kappa shape index (κ3) is 16.9. The van der Waals surface area contributed by atoms with Crippen LogP contribution in [-0.2, 0) is 32.7 Å². The Balaban J connectivity index is 3.81. The van der Waals surface area contributed by atoms with E-state index in [4.69, 9.17) is 18.5 Å². The van der Waals surface area contributed by atoms with Crippen LogP contribution in [0.5, 0.6) is 0 Å². The predicted molar refractivity (Wildman–Crippen MR) is 123 cm³/mol. The van der Waals surface area contributed by atoms with Crippen LogP contribution >= 0.6 is 7.60 Å². The van der Waals surface area contributed by atoms with Crippen molar-refractivity contribution < 1.29 is 32.7 Å². The van der Waals surface area contributed by atoms with Crippen molar-refractivity contribution in [3.63, 3.8) is 0 Å². The molecule has 0 saturated heterocycles. The van der Waals surface area contributed by atoms with Gasteiger partial charge in [0, 0.05) is 17.3 Å². The molecule has 0 aliphatic carbocycles. The monoisotopic (exact) mass is 460 g/mol. The van der Waals surface area contributed by atoms with E-state index in [1.165, 1.54) is 0 Å². The van der Waals surface area contributed by atoms with Crippen LogP contribution in [0.3, 0.4) is 0 Å². The van der Waals surface area contributed by atoms with Gasteiger partial charge in [0.2, 0.25) is 0 Å². The maximum absolute atomic E-state index is 12.8. The molecule has 0 spiro atoms. The van der Waals surface area contributed by atoms with Gasteiger partial charge in [-0.25, -0.2) is 9.59 Å². The van der Waals surface area contributed by atoms with Gasteiger partial charge in [-0.05, 0) is 58.8 Å². The largest absolute Gasteiger partial charge is 0.462 e. The van der Waals surface area contributed by atoms with E-state index >= 15 is 0 Å². The summed E-state index contributed by atoms with van der Waals surface area (Å²) < 4.78 is 34.1. The van der Waals surface area contributed by atoms with Gasteiger partial charge in [-0.2, -0.15) is 0 Å². The van der Waals surface area contributed by atoms with Crippen molar-refractivity contribution in [2.75, 3.05) is 32.6 Å². The van der Waals surface area contributed by atoms with Gasteiger partial charge >= 0.3 is 19.5 Å². The van der Waals surface area contributed by atoms with E-state index in [1.807, 2.05) is 6.92 Å². The number of ether oxygens (including phenoxy) is 2. The van der Waals surface area contributed by atoms with Crippen LogP contribution in [0.4, 0.5) is 0 Å². The second-order valence-corrected chi connectivity index (χ2v) is 9.85. The third-order valence-electron chi connectivity index (χ3n) is 4.31. The van der Waals surface area contributed by atoms with Crippen molar-refractivity contribution >= 4 is 19.5 Å². The molecule has 8 heteroatoms. The van der Waals surface area contributed by atoms with E-state index in [0.717, 1.165) is 57.8 Å². The number of esters is 2. The number of hydrogen-bond acceptors (Lipinski definition) is 7. The Morgan fingerprint density at radius 2 is 1.03 bits per heavy atom. The Kier molecular flexibility index (Phi) is 17.3. The van der Waals surface area contributed by atoms with Gasteiger partial charge in [0.15, 0.2) is 0 Å². The van der Waals surface area contributed by atoms with Crippen molar-refractivity contribution in [2.45, 2.75) is 78.6 Å². The molecule has 0 aromatic heterocycles. The zero-order chi connectivity index (χ0) is 23.5. The number of unbranched alkanes of at least 4 members (excludes halogenated alkanes) is 6. The fraction of sp³-hybridized carbons (Fsp3) is 0.739. The molecule has 7 nitrogen and oxygen atoms in total. The average Bonchev–Trinajstić information content (AvgIpc) is 2.71. The Morgan fingerprint density at radius 3 is 1.35 bits per heavy atom. The van der Waals surface area contributed by atoms with Crippen molar-refractivity contribution in [1.82, 2.24) is 0 Å². The summed E-state index contributed by atoms with van der Waals surface area (Å²) in [4.78, 5) is 22.5. The molecule has 0 amide bonds. The molecule has 0 aromatic carbocycles. The van der Waals surface area contributed by atoms with Crippen LogP contribution in [-0.4, -0.2) is 44.5 Å². The zero-order valence-electron chi connectivity index (χ0n) is 19.6. The molecule has 0 aliphatic heterocycles. The molecule has 180 valence electrons. The summed E-state index contributed by atoms with van der Waals surface area (Å²) in [6.45, 7) is 13.9. The summed E-state index contributed by atoms with van der Waals surface area (Å²) in [6.07, 6.45) is 7.94. The molecule has 0 saturated carbocycles. The molecule has 0 unspecified atom stereocenters. The van der Waals surface area contributed by atoms with Crippen LogP contribution < -0.4 is 0 Å². The van der Waals surface area contributed by atoms with E-state index in [1.54, 1.807) is 13.8 Å². The lowest BCUT2D eigenvalue weighted by atomic mass is 10.2. The van der Waals surface area contributed by atoms with Crippen LogP contribution in [0, 0.1) is 0 Å². The highest BCUT2D eigenvalue weighted by molar-refractivity contribution is 7.53. The fourth-order valence-electron chi connectivity index (χ4n) is 2.54. The molecule has 31 heavy (non-hydrogen) atoms. The second kappa shape index (κ2) is 18.2. The van der Waals surface area contributed by atoms with Crippen LogP contribution in [0.25, 0.3) is 0 Å². The standard InChI is InChI=1S/C23H41O7P/c1-6-19-31(26,29-17-13-9-7-11-15-27-22(24)20(2)3)30-18-14-10-8-12-16-28-23(25)21(4)5/h2,4,6-19H2,1,3,5H3. The van der Waals surface area contributed by atoms with Crippen LogP contribution in [0.15, 0.2) is 24.3 Å². The summed E-state index contributed by atoms with van der Waals surface area (Å²) in [5.74, 6) is -0.709. The quantitative estimate of drug-likeness (QED) is 0.0955. The molecular weight excluding hydrogens is 419 g/mol. The number of rotatable bonds is 20. The van der Waals surface area contributed by atoms with E-state index in [9.17, 15) is 14.2 Å². The summed E-state index contributed by atoms with van der Waals surface area (Å²) in [7, 11) is -3.05. The SMILES string of the molecule is C=C(C)C(=O)OCCCCCCOP(=O)(CCC)OCCCCCCOC(=O)C(=C)C. The first-order chi connectivity index (χ1) is 14.7. The van der Waals surface area contributed by atoms with E-state index in [-0.39, 0.29) is 11.9 Å². The maximum Gasteiger partial charge on any atom is 0.333 e. The maximum atomic E-state index is 12.8. The first kappa shape index (κ1) is 29.6. The number of carbonyl (C=O) groups excluding carboxylic acids is 2. The molecular formula is C23H41O7P. The van der Waals surface area contributed by atoms with Gasteiger partial charge in [0.05, 0.1) is 26.4 Å². The molecule has 0 aliphatic rings. The molecule has 0 fully saturated rings. The fourth-order valence-corrected chi connectivity index (χ4v) is 4.23. The van der Waals surface area contributed by atoms with Gasteiger partial charge in [0.25, 0.3) is 0 Å². The first-order valence-corrected chi connectivity index (χ1v) is 13.0. The molecule has 0 bridgehead atoms. The summed E-state index contributed by atoms with van der Waals surface area (Å²) in [6, 6.07) is 0. The van der Waals surface area contributed by atoms with Crippen molar-refractivity contribution in [1.29, 1.82) is 0 Å². The van der Waals surface area contributed by atoms with Gasteiger partial charge in [-0.3, -0.25) is 4.57 Å². The van der Waals surface area contributed by atoms with Crippen LogP contribution in [0.2, 0.25) is 0 Å².